The summed E-state index contributed by atoms with van der Waals surface area (Å²) in [5, 5.41) is 16.5. The van der Waals surface area contributed by atoms with Gasteiger partial charge in [0.1, 0.15) is 10.8 Å². The molecule has 1 heterocycles. The molecule has 5 heteroatoms. The second kappa shape index (κ2) is 6.64. The maximum Gasteiger partial charge on any atom is 0.129 e. The van der Waals surface area contributed by atoms with E-state index in [0.29, 0.717) is 5.56 Å². The topological polar surface area (TPSA) is 45.1 Å². The molecule has 2 unspecified atom stereocenters. The molecule has 21 heavy (non-hydrogen) atoms. The van der Waals surface area contributed by atoms with Gasteiger partial charge in [0.25, 0.3) is 0 Å². The van der Waals surface area contributed by atoms with Crippen molar-refractivity contribution >= 4 is 11.3 Å². The van der Waals surface area contributed by atoms with Gasteiger partial charge in [0.15, 0.2) is 0 Å². The van der Waals surface area contributed by atoms with Gasteiger partial charge in [0.2, 0.25) is 0 Å². The highest BCUT2D eigenvalue weighted by Crippen LogP contribution is 2.28. The highest BCUT2D eigenvalue weighted by atomic mass is 32.1. The predicted molar refractivity (Wildman–Crippen MR) is 83.9 cm³/mol. The van der Waals surface area contributed by atoms with Gasteiger partial charge in [0.05, 0.1) is 11.6 Å². The van der Waals surface area contributed by atoms with Crippen LogP contribution >= 0.6 is 11.3 Å². The quantitative estimate of drug-likeness (QED) is 0.858. The van der Waals surface area contributed by atoms with Crippen molar-refractivity contribution in [3.05, 3.63) is 51.7 Å². The van der Waals surface area contributed by atoms with E-state index in [4.69, 9.17) is 0 Å². The Morgan fingerprint density at radius 3 is 2.71 bits per heavy atom. The highest BCUT2D eigenvalue weighted by molar-refractivity contribution is 7.09. The smallest absolute Gasteiger partial charge is 0.129 e. The second-order valence-electron chi connectivity index (χ2n) is 5.40. The number of aryl methyl sites for hydroxylation is 1. The minimum Gasteiger partial charge on any atom is -0.387 e. The number of nitrogens with one attached hydrogen (secondary N) is 1. The first kappa shape index (κ1) is 16.1. The zero-order valence-corrected chi connectivity index (χ0v) is 13.4. The molecule has 0 aliphatic carbocycles. The van der Waals surface area contributed by atoms with Crippen LogP contribution in [0.15, 0.2) is 29.6 Å². The fourth-order valence-electron chi connectivity index (χ4n) is 2.14. The Morgan fingerprint density at radius 1 is 1.43 bits per heavy atom. The lowest BCUT2D eigenvalue weighted by Crippen LogP contribution is -2.41. The normalized spacial score (nSPS) is 15.7. The molecule has 0 amide bonds. The van der Waals surface area contributed by atoms with E-state index in [1.807, 2.05) is 12.3 Å². The zero-order chi connectivity index (χ0) is 15.5. The van der Waals surface area contributed by atoms with Gasteiger partial charge < -0.3 is 10.4 Å². The molecule has 2 atom stereocenters. The number of benzene rings is 1. The molecule has 0 spiro atoms. The summed E-state index contributed by atoms with van der Waals surface area (Å²) in [6, 6.07) is 6.32. The maximum absolute atomic E-state index is 13.7. The molecule has 0 fully saturated rings. The van der Waals surface area contributed by atoms with Crippen LogP contribution < -0.4 is 5.32 Å². The number of rotatable bonds is 6. The number of nitrogens with zero attached hydrogens (tertiary/aromatic N) is 1. The number of aliphatic hydroxyl groups excluding tert-OH is 1. The van der Waals surface area contributed by atoms with Gasteiger partial charge in [-0.15, -0.1) is 11.3 Å². The van der Waals surface area contributed by atoms with Crippen molar-refractivity contribution in [1.29, 1.82) is 0 Å². The fraction of sp³-hybridized carbons (Fsp3) is 0.438. The molecule has 0 saturated carbocycles. The largest absolute Gasteiger partial charge is 0.387 e. The van der Waals surface area contributed by atoms with E-state index in [1.165, 1.54) is 6.07 Å². The van der Waals surface area contributed by atoms with Crippen LogP contribution in [-0.2, 0) is 5.54 Å². The van der Waals surface area contributed by atoms with Crippen LogP contribution in [0.2, 0.25) is 0 Å². The Labute approximate surface area is 128 Å². The highest BCUT2D eigenvalue weighted by Gasteiger charge is 2.28. The molecule has 3 nitrogen and oxygen atoms in total. The SMILES string of the molecule is CCC(C)(NCC(O)c1ccccc1F)c1nc(C)cs1. The summed E-state index contributed by atoms with van der Waals surface area (Å²) in [4.78, 5) is 4.52. The Hall–Kier alpha value is -1.30. The molecule has 0 radical (unpaired) electrons. The third-order valence-corrected chi connectivity index (χ3v) is 4.97. The summed E-state index contributed by atoms with van der Waals surface area (Å²) < 4.78 is 13.7. The average molecular weight is 308 g/mol. The van der Waals surface area contributed by atoms with Gasteiger partial charge in [0, 0.05) is 23.2 Å². The predicted octanol–water partition coefficient (Wildman–Crippen LogP) is 3.54. The molecule has 2 N–H and O–H groups in total. The fourth-order valence-corrected chi connectivity index (χ4v) is 3.14. The first-order chi connectivity index (χ1) is 9.96. The number of thiazole rings is 1. The van der Waals surface area contributed by atoms with Crippen molar-refractivity contribution in [3.63, 3.8) is 0 Å². The lowest BCUT2D eigenvalue weighted by atomic mass is 9.98. The maximum atomic E-state index is 13.7. The molecule has 1 aromatic carbocycles. The molecule has 0 bridgehead atoms. The van der Waals surface area contributed by atoms with Crippen molar-refractivity contribution in [1.82, 2.24) is 10.3 Å². The summed E-state index contributed by atoms with van der Waals surface area (Å²) in [7, 11) is 0. The van der Waals surface area contributed by atoms with Crippen LogP contribution in [0.25, 0.3) is 0 Å². The molecule has 2 aromatic rings. The van der Waals surface area contributed by atoms with Crippen LogP contribution in [0.3, 0.4) is 0 Å². The number of aliphatic hydroxyl groups is 1. The van der Waals surface area contributed by atoms with Crippen LogP contribution in [0.1, 0.15) is 42.6 Å². The van der Waals surface area contributed by atoms with Gasteiger partial charge >= 0.3 is 0 Å². The van der Waals surface area contributed by atoms with Gasteiger partial charge in [-0.1, -0.05) is 25.1 Å². The van der Waals surface area contributed by atoms with Crippen LogP contribution in [0.4, 0.5) is 4.39 Å². The zero-order valence-electron chi connectivity index (χ0n) is 12.6. The lowest BCUT2D eigenvalue weighted by molar-refractivity contribution is 0.153. The Morgan fingerprint density at radius 2 is 2.14 bits per heavy atom. The van der Waals surface area contributed by atoms with E-state index in [2.05, 4.69) is 24.1 Å². The minimum absolute atomic E-state index is 0.282. The molecular weight excluding hydrogens is 287 g/mol. The van der Waals surface area contributed by atoms with Crippen LogP contribution in [-0.4, -0.2) is 16.6 Å². The third-order valence-electron chi connectivity index (χ3n) is 3.75. The standard InChI is InChI=1S/C16H21FN2OS/c1-4-16(3,15-19-11(2)10-21-15)18-9-14(20)12-7-5-6-8-13(12)17/h5-8,10,14,18,20H,4,9H2,1-3H3. The van der Waals surface area contributed by atoms with Crippen molar-refractivity contribution in [3.8, 4) is 0 Å². The van der Waals surface area contributed by atoms with Gasteiger partial charge in [-0.3, -0.25) is 0 Å². The van der Waals surface area contributed by atoms with E-state index in [0.717, 1.165) is 17.1 Å². The molecule has 0 aliphatic heterocycles. The van der Waals surface area contributed by atoms with Gasteiger partial charge in [-0.05, 0) is 26.3 Å². The van der Waals surface area contributed by atoms with E-state index in [9.17, 15) is 9.50 Å². The van der Waals surface area contributed by atoms with E-state index < -0.39 is 6.10 Å². The number of hydrogen-bond acceptors (Lipinski definition) is 4. The Bertz CT molecular complexity index is 601. The van der Waals surface area contributed by atoms with E-state index in [1.54, 1.807) is 29.5 Å². The average Bonchev–Trinajstić information content (AvgIpc) is 2.92. The van der Waals surface area contributed by atoms with Crippen molar-refractivity contribution in [2.24, 2.45) is 0 Å². The Balaban J connectivity index is 2.08. The second-order valence-corrected chi connectivity index (χ2v) is 6.26. The molecular formula is C16H21FN2OS. The molecule has 0 saturated heterocycles. The molecule has 2 rings (SSSR count). The van der Waals surface area contributed by atoms with Crippen molar-refractivity contribution in [2.75, 3.05) is 6.54 Å². The molecule has 114 valence electrons. The third kappa shape index (κ3) is 3.67. The number of halogens is 1. The van der Waals surface area contributed by atoms with Gasteiger partial charge in [-0.2, -0.15) is 0 Å². The molecule has 1 aromatic heterocycles. The summed E-state index contributed by atoms with van der Waals surface area (Å²) in [6.45, 7) is 6.37. The van der Waals surface area contributed by atoms with E-state index >= 15 is 0 Å². The number of aromatic nitrogens is 1. The summed E-state index contributed by atoms with van der Waals surface area (Å²) >= 11 is 1.60. The summed E-state index contributed by atoms with van der Waals surface area (Å²) in [6.07, 6.45) is -0.0395. The van der Waals surface area contributed by atoms with Crippen molar-refractivity contribution in [2.45, 2.75) is 38.8 Å². The van der Waals surface area contributed by atoms with E-state index in [-0.39, 0.29) is 17.9 Å². The first-order valence-corrected chi connectivity index (χ1v) is 7.94. The van der Waals surface area contributed by atoms with Gasteiger partial charge in [-0.25, -0.2) is 9.37 Å². The number of hydrogen-bond donors (Lipinski definition) is 2. The molecule has 0 aliphatic rings. The summed E-state index contributed by atoms with van der Waals surface area (Å²) in [5.41, 5.74) is 0.996. The van der Waals surface area contributed by atoms with Crippen LogP contribution in [0, 0.1) is 12.7 Å². The van der Waals surface area contributed by atoms with Crippen molar-refractivity contribution < 1.29 is 9.50 Å². The summed E-state index contributed by atoms with van der Waals surface area (Å²) in [5.74, 6) is -0.380. The lowest BCUT2D eigenvalue weighted by Gasteiger charge is -2.29. The first-order valence-electron chi connectivity index (χ1n) is 7.06. The van der Waals surface area contributed by atoms with Crippen LogP contribution in [0.5, 0.6) is 0 Å². The minimum atomic E-state index is -0.877. The Kier molecular flexibility index (Phi) is 5.08. The monoisotopic (exact) mass is 308 g/mol.